The van der Waals surface area contributed by atoms with Crippen LogP contribution in [0.3, 0.4) is 0 Å². The normalized spacial score (nSPS) is 2.25. The van der Waals surface area contributed by atoms with E-state index in [1.165, 1.54) is 0 Å². The van der Waals surface area contributed by atoms with Crippen molar-refractivity contribution in [3.05, 3.63) is 0 Å². The fourth-order valence-corrected chi connectivity index (χ4v) is 0. The van der Waals surface area contributed by atoms with Gasteiger partial charge in [0.2, 0.25) is 0 Å². The van der Waals surface area contributed by atoms with E-state index >= 15 is 0 Å². The summed E-state index contributed by atoms with van der Waals surface area (Å²) in [5.74, 6) is 0. The van der Waals surface area contributed by atoms with Gasteiger partial charge in [0.15, 0.2) is 0 Å². The van der Waals surface area contributed by atoms with Crippen LogP contribution < -0.4 is 0 Å². The van der Waals surface area contributed by atoms with Gasteiger partial charge in [-0.15, -0.1) is 0 Å². The Morgan fingerprint density at radius 1 is 1.75 bits per heavy atom. The van der Waals surface area contributed by atoms with Crippen LogP contribution in [0.1, 0.15) is 0 Å². The first kappa shape index (κ1) is 8.93. The van der Waals surface area contributed by atoms with Crippen LogP contribution in [0.2, 0.25) is 0 Å². The SMILES string of the molecule is F.[O]=[Y][Cl]. The Bertz CT molecular complexity index is 15.5. The topological polar surface area (TPSA) is 17.1 Å². The first-order valence-corrected chi connectivity index (χ1v) is 5.27. The van der Waals surface area contributed by atoms with Crippen LogP contribution >= 0.6 is 7.33 Å². The van der Waals surface area contributed by atoms with Crippen LogP contribution in [0.25, 0.3) is 0 Å². The van der Waals surface area contributed by atoms with Crippen molar-refractivity contribution in [3.63, 3.8) is 0 Å². The Morgan fingerprint density at radius 3 is 1.75 bits per heavy atom. The van der Waals surface area contributed by atoms with Gasteiger partial charge in [0, 0.05) is 0 Å². The van der Waals surface area contributed by atoms with E-state index < -0.39 is 27.9 Å². The van der Waals surface area contributed by atoms with Crippen molar-refractivity contribution in [2.45, 2.75) is 0 Å². The Kier molecular flexibility index (Phi) is 19.9. The van der Waals surface area contributed by atoms with Gasteiger partial charge < -0.3 is 0 Å². The second kappa shape index (κ2) is 8.92. The molecule has 0 N–H and O–H groups in total. The molecule has 0 aliphatic rings. The average molecular weight is 160 g/mol. The Morgan fingerprint density at radius 2 is 1.75 bits per heavy atom. The Hall–Kier alpha value is 1.12. The molecule has 0 aliphatic carbocycles. The zero-order chi connectivity index (χ0) is 2.71. The fraction of sp³-hybridized carbons (Fsp3) is 0. The second-order valence-electron chi connectivity index (χ2n) is 0.0891. The van der Waals surface area contributed by atoms with Crippen LogP contribution in [0.15, 0.2) is 0 Å². The van der Waals surface area contributed by atoms with Gasteiger partial charge in [-0.3, -0.25) is 4.70 Å². The van der Waals surface area contributed by atoms with Gasteiger partial charge in [-0.05, 0) is 0 Å². The first-order valence-electron chi connectivity index (χ1n) is 0.454. The van der Waals surface area contributed by atoms with E-state index in [4.69, 9.17) is 2.04 Å². The summed E-state index contributed by atoms with van der Waals surface area (Å²) in [5, 5.41) is 0. The number of hydrogen-bond donors (Lipinski definition) is 0. The summed E-state index contributed by atoms with van der Waals surface area (Å²) in [6.45, 7) is 0. The average Bonchev–Trinajstić information content (AvgIpc) is 0.918. The monoisotopic (exact) mass is 160 g/mol. The minimum atomic E-state index is -1.67. The van der Waals surface area contributed by atoms with E-state index in [0.717, 1.165) is 0 Å². The van der Waals surface area contributed by atoms with E-state index in [9.17, 15) is 0 Å². The third-order valence-corrected chi connectivity index (χ3v) is 0. The van der Waals surface area contributed by atoms with E-state index in [-0.39, 0.29) is 4.70 Å². The molecule has 0 fully saturated rings. The summed E-state index contributed by atoms with van der Waals surface area (Å²) in [7, 11) is 4.63. The summed E-state index contributed by atoms with van der Waals surface area (Å²) in [6.07, 6.45) is 0. The summed E-state index contributed by atoms with van der Waals surface area (Å²) < 4.78 is 8.89. The molecule has 0 saturated heterocycles. The van der Waals surface area contributed by atoms with Gasteiger partial charge in [-0.2, -0.15) is 0 Å². The molecular weight excluding hydrogens is 159 g/mol. The molecule has 0 heterocycles. The van der Waals surface area contributed by atoms with Crippen LogP contribution in [0, 0.1) is 0 Å². The number of halogens is 2. The summed E-state index contributed by atoms with van der Waals surface area (Å²) in [4.78, 5) is 0. The van der Waals surface area contributed by atoms with E-state index in [1.54, 1.807) is 0 Å². The van der Waals surface area contributed by atoms with Crippen LogP contribution in [0.4, 0.5) is 4.70 Å². The molecule has 24 valence electrons. The summed E-state index contributed by atoms with van der Waals surface area (Å²) >= 11 is -1.67. The zero-order valence-corrected chi connectivity index (χ0v) is 5.37. The quantitative estimate of drug-likeness (QED) is 0.510. The van der Waals surface area contributed by atoms with Gasteiger partial charge in [-0.1, -0.05) is 0 Å². The van der Waals surface area contributed by atoms with Crippen molar-refractivity contribution in [2.75, 3.05) is 0 Å². The zero-order valence-electron chi connectivity index (χ0n) is 1.77. The molecule has 0 radical (unpaired) electrons. The minimum absolute atomic E-state index is 0. The van der Waals surface area contributed by atoms with Crippen LogP contribution in [-0.2, 0) is 29.9 Å². The molecule has 1 nitrogen and oxygen atoms in total. The van der Waals surface area contributed by atoms with Gasteiger partial charge in [0.25, 0.3) is 0 Å². The molecule has 0 aromatic carbocycles. The van der Waals surface area contributed by atoms with Crippen LogP contribution in [-0.4, -0.2) is 0 Å². The summed E-state index contributed by atoms with van der Waals surface area (Å²) in [6, 6.07) is 0. The number of hydrogen-bond acceptors (Lipinski definition) is 1. The predicted octanol–water partition coefficient (Wildman–Crippen LogP) is 0.721. The van der Waals surface area contributed by atoms with E-state index in [1.807, 2.05) is 0 Å². The van der Waals surface area contributed by atoms with Crippen molar-refractivity contribution in [3.8, 4) is 0 Å². The van der Waals surface area contributed by atoms with E-state index in [2.05, 4.69) is 7.33 Å². The third kappa shape index (κ3) is 11.2. The predicted molar refractivity (Wildman–Crippen MR) is 9.04 cm³/mol. The third-order valence-electron chi connectivity index (χ3n) is 0. The van der Waals surface area contributed by atoms with Crippen molar-refractivity contribution in [2.24, 2.45) is 0 Å². The van der Waals surface area contributed by atoms with Gasteiger partial charge in [0.1, 0.15) is 0 Å². The maximum absolute atomic E-state index is 8.89. The van der Waals surface area contributed by atoms with Gasteiger partial charge in [-0.25, -0.2) is 0 Å². The molecule has 0 aromatic rings. The Balaban J connectivity index is 0. The van der Waals surface area contributed by atoms with Crippen molar-refractivity contribution >= 4 is 7.33 Å². The molecule has 0 amide bonds. The maximum atomic E-state index is 8.89. The number of rotatable bonds is 0. The van der Waals surface area contributed by atoms with Crippen molar-refractivity contribution in [1.29, 1.82) is 0 Å². The molecule has 0 spiro atoms. The molecule has 0 rings (SSSR count). The van der Waals surface area contributed by atoms with Crippen molar-refractivity contribution < 1.29 is 34.6 Å². The molecule has 0 saturated carbocycles. The molecule has 4 heavy (non-hydrogen) atoms. The first-order chi connectivity index (χ1) is 1.41. The molecule has 0 aromatic heterocycles. The van der Waals surface area contributed by atoms with Crippen LogP contribution in [0.5, 0.6) is 0 Å². The second-order valence-corrected chi connectivity index (χ2v) is 1.58. The molecule has 0 bridgehead atoms. The van der Waals surface area contributed by atoms with Gasteiger partial charge in [0.05, 0.1) is 0 Å². The molecule has 0 aliphatic heterocycles. The fourth-order valence-electron chi connectivity index (χ4n) is 0. The van der Waals surface area contributed by atoms with Crippen molar-refractivity contribution in [1.82, 2.24) is 0 Å². The Labute approximate surface area is 41.8 Å². The van der Waals surface area contributed by atoms with Gasteiger partial charge >= 0.3 is 37.3 Å². The van der Waals surface area contributed by atoms with E-state index in [0.29, 0.717) is 0 Å². The summed E-state index contributed by atoms with van der Waals surface area (Å²) in [5.41, 5.74) is 0. The molecule has 4 heteroatoms. The molecular formula is HClFOY. The molecule has 0 unspecified atom stereocenters. The molecule has 0 atom stereocenters. The standard InChI is InChI=1S/ClH.FH.O.Y/h2*1H;;/q;;;+1/p-1.